The van der Waals surface area contributed by atoms with Crippen LogP contribution in [0.15, 0.2) is 35.4 Å². The van der Waals surface area contributed by atoms with Crippen molar-refractivity contribution in [2.24, 2.45) is 5.10 Å². The van der Waals surface area contributed by atoms with Crippen molar-refractivity contribution in [3.63, 3.8) is 0 Å². The molecular weight excluding hydrogens is 383 g/mol. The van der Waals surface area contributed by atoms with Crippen LogP contribution in [-0.4, -0.2) is 21.3 Å². The average molecular weight is 394 g/mol. The number of aromatic nitrogens is 2. The molecule has 0 fully saturated rings. The molecule has 28 heavy (non-hydrogen) atoms. The SMILES string of the molecule is Cc1cc(N/N=C/c2c(F)c(F)c(F)c(F)c2F)nc(-c2ccccc2O)n1. The molecule has 2 aromatic carbocycles. The number of benzene rings is 2. The maximum atomic E-state index is 13.6. The Balaban J connectivity index is 1.91. The molecule has 0 atom stereocenters. The molecule has 5 nitrogen and oxygen atoms in total. The summed E-state index contributed by atoms with van der Waals surface area (Å²) in [4.78, 5) is 8.27. The maximum absolute atomic E-state index is 13.6. The topological polar surface area (TPSA) is 70.4 Å². The number of halogens is 5. The molecule has 3 rings (SSSR count). The first-order valence-electron chi connectivity index (χ1n) is 7.74. The molecule has 0 aliphatic rings. The molecule has 0 radical (unpaired) electrons. The van der Waals surface area contributed by atoms with Gasteiger partial charge in [0.05, 0.1) is 17.3 Å². The number of hydrazone groups is 1. The number of phenolic OH excluding ortho intramolecular Hbond substituents is 1. The summed E-state index contributed by atoms with van der Waals surface area (Å²) in [6, 6.07) is 7.72. The summed E-state index contributed by atoms with van der Waals surface area (Å²) >= 11 is 0. The van der Waals surface area contributed by atoms with Crippen LogP contribution in [-0.2, 0) is 0 Å². The number of nitrogens with zero attached hydrogens (tertiary/aromatic N) is 3. The van der Waals surface area contributed by atoms with E-state index in [-0.39, 0.29) is 17.4 Å². The van der Waals surface area contributed by atoms with Crippen LogP contribution >= 0.6 is 0 Å². The van der Waals surface area contributed by atoms with Gasteiger partial charge in [-0.25, -0.2) is 31.9 Å². The smallest absolute Gasteiger partial charge is 0.200 e. The minimum Gasteiger partial charge on any atom is -0.507 e. The van der Waals surface area contributed by atoms with Crippen LogP contribution in [0.1, 0.15) is 11.3 Å². The second-order valence-electron chi connectivity index (χ2n) is 5.59. The number of hydrogen-bond acceptors (Lipinski definition) is 5. The van der Waals surface area contributed by atoms with Crippen molar-refractivity contribution in [3.8, 4) is 17.1 Å². The molecule has 1 heterocycles. The number of hydrogen-bond donors (Lipinski definition) is 2. The van der Waals surface area contributed by atoms with Gasteiger partial charge >= 0.3 is 0 Å². The highest BCUT2D eigenvalue weighted by atomic mass is 19.2. The summed E-state index contributed by atoms with van der Waals surface area (Å²) in [7, 11) is 0. The van der Waals surface area contributed by atoms with E-state index in [1.54, 1.807) is 25.1 Å². The number of nitrogens with one attached hydrogen (secondary N) is 1. The standard InChI is InChI=1S/C18H11F5N4O/c1-8-6-12(26-18(25-8)9-4-2-3-5-11(9)28)27-24-7-10-13(19)15(21)17(23)16(22)14(10)20/h2-7,28H,1H3,(H,25,26,27)/b24-7+. The summed E-state index contributed by atoms with van der Waals surface area (Å²) in [5, 5.41) is 13.4. The van der Waals surface area contributed by atoms with Gasteiger partial charge in [-0.2, -0.15) is 5.10 Å². The lowest BCUT2D eigenvalue weighted by molar-refractivity contribution is 0.377. The molecule has 0 unspecified atom stereocenters. The Morgan fingerprint density at radius 3 is 2.18 bits per heavy atom. The molecule has 3 aromatic rings. The van der Waals surface area contributed by atoms with Crippen molar-refractivity contribution >= 4 is 12.0 Å². The molecule has 1 aromatic heterocycles. The normalized spacial score (nSPS) is 11.2. The van der Waals surface area contributed by atoms with E-state index >= 15 is 0 Å². The maximum Gasteiger partial charge on any atom is 0.200 e. The number of anilines is 1. The zero-order valence-electron chi connectivity index (χ0n) is 14.1. The monoisotopic (exact) mass is 394 g/mol. The number of para-hydroxylation sites is 1. The lowest BCUT2D eigenvalue weighted by atomic mass is 10.2. The summed E-state index contributed by atoms with van der Waals surface area (Å²) in [5.41, 5.74) is 1.94. The van der Waals surface area contributed by atoms with Crippen LogP contribution in [0.4, 0.5) is 27.8 Å². The van der Waals surface area contributed by atoms with E-state index in [1.807, 2.05) is 0 Å². The van der Waals surface area contributed by atoms with Crippen LogP contribution in [0, 0.1) is 36.0 Å². The Morgan fingerprint density at radius 2 is 1.54 bits per heavy atom. The molecule has 0 bridgehead atoms. The van der Waals surface area contributed by atoms with Crippen molar-refractivity contribution in [3.05, 3.63) is 70.7 Å². The van der Waals surface area contributed by atoms with E-state index in [9.17, 15) is 27.1 Å². The Bertz CT molecular complexity index is 1060. The highest BCUT2D eigenvalue weighted by Gasteiger charge is 2.24. The number of phenols is 1. The Kier molecular flexibility index (Phi) is 5.21. The van der Waals surface area contributed by atoms with E-state index in [0.29, 0.717) is 17.5 Å². The van der Waals surface area contributed by atoms with Crippen LogP contribution in [0.25, 0.3) is 11.4 Å². The third-order valence-electron chi connectivity index (χ3n) is 3.62. The van der Waals surface area contributed by atoms with E-state index in [1.165, 1.54) is 12.1 Å². The Morgan fingerprint density at radius 1 is 0.929 bits per heavy atom. The Hall–Kier alpha value is -3.56. The average Bonchev–Trinajstić information content (AvgIpc) is 2.67. The first-order valence-corrected chi connectivity index (χ1v) is 7.74. The first kappa shape index (κ1) is 19.2. The van der Waals surface area contributed by atoms with E-state index < -0.39 is 34.6 Å². The zero-order chi connectivity index (χ0) is 20.4. The van der Waals surface area contributed by atoms with Gasteiger partial charge in [0, 0.05) is 11.8 Å². The second-order valence-corrected chi connectivity index (χ2v) is 5.59. The van der Waals surface area contributed by atoms with E-state index in [0.717, 1.165) is 0 Å². The van der Waals surface area contributed by atoms with Crippen LogP contribution < -0.4 is 5.43 Å². The van der Waals surface area contributed by atoms with E-state index in [4.69, 9.17) is 0 Å². The summed E-state index contributed by atoms with van der Waals surface area (Å²) in [5.74, 6) is -10.2. The van der Waals surface area contributed by atoms with Crippen molar-refractivity contribution < 1.29 is 27.1 Å². The predicted molar refractivity (Wildman–Crippen MR) is 91.3 cm³/mol. The first-order chi connectivity index (χ1) is 13.3. The van der Waals surface area contributed by atoms with E-state index in [2.05, 4.69) is 20.5 Å². The van der Waals surface area contributed by atoms with Gasteiger partial charge in [0.1, 0.15) is 5.75 Å². The third kappa shape index (κ3) is 3.61. The molecular formula is C18H11F5N4O. The van der Waals surface area contributed by atoms with Crippen molar-refractivity contribution in [1.29, 1.82) is 0 Å². The van der Waals surface area contributed by atoms with Crippen LogP contribution in [0.5, 0.6) is 5.75 Å². The van der Waals surface area contributed by atoms with Gasteiger partial charge in [-0.15, -0.1) is 0 Å². The highest BCUT2D eigenvalue weighted by Crippen LogP contribution is 2.27. The van der Waals surface area contributed by atoms with Crippen LogP contribution in [0.3, 0.4) is 0 Å². The summed E-state index contributed by atoms with van der Waals surface area (Å²) in [6.07, 6.45) is 0.452. The molecule has 144 valence electrons. The quantitative estimate of drug-likeness (QED) is 0.228. The van der Waals surface area contributed by atoms with Gasteiger partial charge < -0.3 is 5.11 Å². The predicted octanol–water partition coefficient (Wildman–Crippen LogP) is 4.30. The van der Waals surface area contributed by atoms with Gasteiger partial charge in [-0.05, 0) is 19.1 Å². The largest absolute Gasteiger partial charge is 0.507 e. The second kappa shape index (κ2) is 7.59. The molecule has 0 aliphatic heterocycles. The van der Waals surface area contributed by atoms with Crippen molar-refractivity contribution in [2.45, 2.75) is 6.92 Å². The number of aryl methyl sites for hydroxylation is 1. The molecule has 0 saturated heterocycles. The number of aromatic hydroxyl groups is 1. The lowest BCUT2D eigenvalue weighted by Gasteiger charge is -2.07. The van der Waals surface area contributed by atoms with Gasteiger partial charge in [-0.1, -0.05) is 12.1 Å². The molecule has 0 spiro atoms. The molecule has 0 amide bonds. The summed E-state index contributed by atoms with van der Waals surface area (Å²) in [6.45, 7) is 1.63. The summed E-state index contributed by atoms with van der Waals surface area (Å²) < 4.78 is 66.7. The van der Waals surface area contributed by atoms with Gasteiger partial charge in [0.15, 0.2) is 34.9 Å². The zero-order valence-corrected chi connectivity index (χ0v) is 14.1. The minimum atomic E-state index is -2.25. The van der Waals surface area contributed by atoms with Crippen molar-refractivity contribution in [2.75, 3.05) is 5.43 Å². The van der Waals surface area contributed by atoms with Gasteiger partial charge in [0.2, 0.25) is 5.82 Å². The number of rotatable bonds is 4. The minimum absolute atomic E-state index is 0.0658. The third-order valence-corrected chi connectivity index (χ3v) is 3.62. The fourth-order valence-corrected chi connectivity index (χ4v) is 2.31. The fraction of sp³-hybridized carbons (Fsp3) is 0.0556. The lowest BCUT2D eigenvalue weighted by Crippen LogP contribution is -2.07. The van der Waals surface area contributed by atoms with Crippen LogP contribution in [0.2, 0.25) is 0 Å². The molecule has 0 aliphatic carbocycles. The fourth-order valence-electron chi connectivity index (χ4n) is 2.31. The van der Waals surface area contributed by atoms with Crippen molar-refractivity contribution in [1.82, 2.24) is 9.97 Å². The Labute approximate surface area is 155 Å². The molecule has 0 saturated carbocycles. The molecule has 10 heteroatoms. The highest BCUT2D eigenvalue weighted by molar-refractivity contribution is 5.81. The molecule has 2 N–H and O–H groups in total. The van der Waals surface area contributed by atoms with Gasteiger partial charge in [-0.3, -0.25) is 5.43 Å². The van der Waals surface area contributed by atoms with Gasteiger partial charge in [0.25, 0.3) is 0 Å².